The van der Waals surface area contributed by atoms with Crippen LogP contribution in [0.15, 0.2) is 84.4 Å². The summed E-state index contributed by atoms with van der Waals surface area (Å²) >= 11 is 0. The Morgan fingerprint density at radius 2 is 1.65 bits per heavy atom. The van der Waals surface area contributed by atoms with Crippen molar-refractivity contribution >= 4 is 23.6 Å². The van der Waals surface area contributed by atoms with Crippen LogP contribution >= 0.6 is 0 Å². The van der Waals surface area contributed by atoms with E-state index in [9.17, 15) is 14.9 Å². The molecule has 3 rings (SSSR count). The van der Waals surface area contributed by atoms with Crippen molar-refractivity contribution in [3.05, 3.63) is 101 Å². The lowest BCUT2D eigenvalue weighted by atomic mass is 10.1. The maximum absolute atomic E-state index is 12.3. The number of nitrogens with one attached hydrogen (secondary N) is 1. The highest BCUT2D eigenvalue weighted by atomic mass is 16.5. The molecule has 154 valence electrons. The van der Waals surface area contributed by atoms with Crippen LogP contribution in [0.3, 0.4) is 0 Å². The number of hydrogen-bond acceptors (Lipinski definition) is 5. The number of nitriles is 1. The third-order valence-corrected chi connectivity index (χ3v) is 4.37. The van der Waals surface area contributed by atoms with Crippen LogP contribution in [0.4, 0.5) is 5.69 Å². The van der Waals surface area contributed by atoms with E-state index in [0.29, 0.717) is 29.2 Å². The summed E-state index contributed by atoms with van der Waals surface area (Å²) in [6, 6.07) is 24.9. The molecule has 0 radical (unpaired) electrons. The number of methoxy groups -OCH3 is 1. The molecule has 0 bridgehead atoms. The molecule has 6 heteroatoms. The van der Waals surface area contributed by atoms with Gasteiger partial charge in [-0.25, -0.2) is 4.79 Å². The number of nitrogens with zero attached hydrogens (tertiary/aromatic N) is 1. The second kappa shape index (κ2) is 10.4. The Morgan fingerprint density at radius 3 is 2.26 bits per heavy atom. The van der Waals surface area contributed by atoms with E-state index in [1.807, 2.05) is 12.1 Å². The van der Waals surface area contributed by atoms with Gasteiger partial charge in [0.25, 0.3) is 5.91 Å². The molecule has 0 unspecified atom stereocenters. The van der Waals surface area contributed by atoms with Crippen LogP contribution < -0.4 is 10.1 Å². The number of esters is 1. The quantitative estimate of drug-likeness (QED) is 0.348. The Kier molecular flexibility index (Phi) is 7.17. The second-order valence-electron chi connectivity index (χ2n) is 6.54. The number of carbonyl (C=O) groups is 2. The van der Waals surface area contributed by atoms with Crippen molar-refractivity contribution in [3.63, 3.8) is 0 Å². The molecule has 0 aliphatic rings. The maximum Gasteiger partial charge on any atom is 0.337 e. The molecule has 3 aromatic rings. The van der Waals surface area contributed by atoms with Gasteiger partial charge in [0.05, 0.1) is 12.7 Å². The van der Waals surface area contributed by atoms with Crippen molar-refractivity contribution in [1.29, 1.82) is 5.26 Å². The van der Waals surface area contributed by atoms with Gasteiger partial charge in [-0.15, -0.1) is 0 Å². The predicted molar refractivity (Wildman–Crippen MR) is 117 cm³/mol. The summed E-state index contributed by atoms with van der Waals surface area (Å²) in [5, 5.41) is 12.0. The zero-order valence-corrected chi connectivity index (χ0v) is 16.9. The summed E-state index contributed by atoms with van der Waals surface area (Å²) in [4.78, 5) is 23.8. The first kappa shape index (κ1) is 21.3. The zero-order valence-electron chi connectivity index (χ0n) is 16.9. The average molecular weight is 412 g/mol. The fourth-order valence-corrected chi connectivity index (χ4v) is 2.72. The minimum absolute atomic E-state index is 0.00298. The number of ether oxygens (including phenoxy) is 2. The van der Waals surface area contributed by atoms with Crippen molar-refractivity contribution < 1.29 is 19.1 Å². The predicted octanol–water partition coefficient (Wildman–Crippen LogP) is 4.60. The van der Waals surface area contributed by atoms with Gasteiger partial charge >= 0.3 is 5.97 Å². The van der Waals surface area contributed by atoms with E-state index in [4.69, 9.17) is 4.74 Å². The first-order valence-electron chi connectivity index (χ1n) is 9.47. The first-order chi connectivity index (χ1) is 15.1. The third-order valence-electron chi connectivity index (χ3n) is 4.37. The Labute approximate surface area is 180 Å². The fourth-order valence-electron chi connectivity index (χ4n) is 2.72. The highest BCUT2D eigenvalue weighted by molar-refractivity contribution is 6.09. The molecule has 0 heterocycles. The smallest absolute Gasteiger partial charge is 0.337 e. The number of amides is 1. The maximum atomic E-state index is 12.3. The van der Waals surface area contributed by atoms with Crippen molar-refractivity contribution in [2.24, 2.45) is 0 Å². The molecule has 3 aromatic carbocycles. The molecule has 0 fully saturated rings. The van der Waals surface area contributed by atoms with Gasteiger partial charge in [0.1, 0.15) is 24.0 Å². The van der Waals surface area contributed by atoms with Gasteiger partial charge in [0, 0.05) is 5.69 Å². The Hall–Kier alpha value is -4.37. The normalized spacial score (nSPS) is 10.6. The van der Waals surface area contributed by atoms with E-state index in [0.717, 1.165) is 5.56 Å². The van der Waals surface area contributed by atoms with Crippen molar-refractivity contribution in [3.8, 4) is 11.8 Å². The van der Waals surface area contributed by atoms with E-state index >= 15 is 0 Å². The minimum atomic E-state index is -0.468. The molecule has 0 saturated carbocycles. The van der Waals surface area contributed by atoms with E-state index in [1.54, 1.807) is 72.8 Å². The number of para-hydroxylation sites is 1. The van der Waals surface area contributed by atoms with Crippen LogP contribution in [0.1, 0.15) is 21.5 Å². The van der Waals surface area contributed by atoms with Crippen LogP contribution in [0.2, 0.25) is 0 Å². The molecule has 31 heavy (non-hydrogen) atoms. The fraction of sp³-hybridized carbons (Fsp3) is 0.0800. The lowest BCUT2D eigenvalue weighted by Crippen LogP contribution is -2.13. The molecule has 0 aliphatic carbocycles. The van der Waals surface area contributed by atoms with Gasteiger partial charge < -0.3 is 14.8 Å². The molecule has 0 saturated heterocycles. The van der Waals surface area contributed by atoms with Gasteiger partial charge in [-0.2, -0.15) is 5.26 Å². The van der Waals surface area contributed by atoms with Crippen molar-refractivity contribution in [2.45, 2.75) is 6.61 Å². The lowest BCUT2D eigenvalue weighted by Gasteiger charge is -2.08. The summed E-state index contributed by atoms with van der Waals surface area (Å²) < 4.78 is 10.4. The van der Waals surface area contributed by atoms with Crippen molar-refractivity contribution in [1.82, 2.24) is 0 Å². The average Bonchev–Trinajstić information content (AvgIpc) is 2.82. The molecular weight excluding hydrogens is 392 g/mol. The number of carbonyl (C=O) groups excluding carboxylic acids is 2. The molecule has 1 N–H and O–H groups in total. The van der Waals surface area contributed by atoms with Crippen LogP contribution in [0.25, 0.3) is 6.08 Å². The summed E-state index contributed by atoms with van der Waals surface area (Å²) in [7, 11) is 1.34. The molecule has 0 spiro atoms. The van der Waals surface area contributed by atoms with E-state index in [1.165, 1.54) is 13.2 Å². The Bertz CT molecular complexity index is 1110. The molecule has 1 amide bonds. The van der Waals surface area contributed by atoms with Gasteiger partial charge in [-0.3, -0.25) is 4.79 Å². The van der Waals surface area contributed by atoms with Crippen LogP contribution in [-0.2, 0) is 16.1 Å². The molecular formula is C25H20N2O4. The second-order valence-corrected chi connectivity index (χ2v) is 6.54. The van der Waals surface area contributed by atoms with Crippen molar-refractivity contribution in [2.75, 3.05) is 12.4 Å². The van der Waals surface area contributed by atoms with Gasteiger partial charge in [-0.05, 0) is 53.6 Å². The summed E-state index contributed by atoms with van der Waals surface area (Å²) in [5.41, 5.74) is 2.71. The monoisotopic (exact) mass is 412 g/mol. The topological polar surface area (TPSA) is 88.4 Å². The Morgan fingerprint density at radius 1 is 0.968 bits per heavy atom. The van der Waals surface area contributed by atoms with Gasteiger partial charge in [0.2, 0.25) is 0 Å². The number of benzene rings is 3. The third kappa shape index (κ3) is 6.05. The zero-order chi connectivity index (χ0) is 22.1. The van der Waals surface area contributed by atoms with Crippen LogP contribution in [0.5, 0.6) is 5.75 Å². The van der Waals surface area contributed by atoms with Gasteiger partial charge in [0.15, 0.2) is 0 Å². The summed E-state index contributed by atoms with van der Waals surface area (Å²) in [6.07, 6.45) is 1.52. The van der Waals surface area contributed by atoms with E-state index in [2.05, 4.69) is 10.1 Å². The Balaban J connectivity index is 1.60. The number of anilines is 1. The minimum Gasteiger partial charge on any atom is -0.489 e. The van der Waals surface area contributed by atoms with Crippen LogP contribution in [-0.4, -0.2) is 19.0 Å². The van der Waals surface area contributed by atoms with E-state index in [-0.39, 0.29) is 11.5 Å². The summed E-state index contributed by atoms with van der Waals surface area (Å²) in [5.74, 6) is -0.212. The SMILES string of the molecule is COC(=O)c1ccc(COc2ccc(C=C(C#N)C(=O)Nc3ccccc3)cc2)cc1. The van der Waals surface area contributed by atoms with Gasteiger partial charge in [-0.1, -0.05) is 42.5 Å². The number of hydrogen-bond donors (Lipinski definition) is 1. The molecule has 0 aromatic heterocycles. The van der Waals surface area contributed by atoms with E-state index < -0.39 is 5.91 Å². The van der Waals surface area contributed by atoms with Crippen LogP contribution in [0, 0.1) is 11.3 Å². The highest BCUT2D eigenvalue weighted by Crippen LogP contribution is 2.17. The highest BCUT2D eigenvalue weighted by Gasteiger charge is 2.09. The summed E-state index contributed by atoms with van der Waals surface area (Å²) in [6.45, 7) is 0.333. The largest absolute Gasteiger partial charge is 0.489 e. The molecule has 0 aliphatic heterocycles. The molecule has 0 atom stereocenters. The molecule has 6 nitrogen and oxygen atoms in total. The standard InChI is InChI=1S/C25H20N2O4/c1-30-25(29)20-11-7-19(8-12-20)17-31-23-13-9-18(10-14-23)15-21(16-26)24(28)27-22-5-3-2-4-6-22/h2-15H,17H2,1H3,(H,27,28). The first-order valence-corrected chi connectivity index (χ1v) is 9.47. The number of rotatable bonds is 7. The lowest BCUT2D eigenvalue weighted by molar-refractivity contribution is -0.112.